The van der Waals surface area contributed by atoms with Crippen LogP contribution < -0.4 is 5.56 Å². The van der Waals surface area contributed by atoms with Gasteiger partial charge < -0.3 is 0 Å². The van der Waals surface area contributed by atoms with E-state index in [2.05, 4.69) is 52.9 Å². The molecule has 5 rings (SSSR count). The first-order valence-corrected chi connectivity index (χ1v) is 11.0. The average Bonchev–Trinajstić information content (AvgIpc) is 3.23. The molecule has 0 fully saturated rings. The molecule has 5 nitrogen and oxygen atoms in total. The van der Waals surface area contributed by atoms with Crippen LogP contribution in [0.1, 0.15) is 11.3 Å². The molecule has 6 heteroatoms. The van der Waals surface area contributed by atoms with Gasteiger partial charge in [-0.25, -0.2) is 9.97 Å². The van der Waals surface area contributed by atoms with Crippen LogP contribution in [0.4, 0.5) is 0 Å². The van der Waals surface area contributed by atoms with Crippen molar-refractivity contribution in [3.63, 3.8) is 0 Å². The number of rotatable bonds is 5. The standard InChI is InChI=1S/C25H20N4OS/c1-18-10-12-21(13-11-18)29-22(19-7-3-2-4-8-19)16-26-25(29)31-17-20-15-24(30)28-14-6-5-9-23(28)27-20/h2-16H,17H2,1H3. The highest BCUT2D eigenvalue weighted by Crippen LogP contribution is 2.31. The van der Waals surface area contributed by atoms with Crippen LogP contribution >= 0.6 is 11.8 Å². The van der Waals surface area contributed by atoms with Gasteiger partial charge in [-0.1, -0.05) is 65.9 Å². The van der Waals surface area contributed by atoms with Crippen molar-refractivity contribution in [3.8, 4) is 16.9 Å². The molecule has 0 spiro atoms. The molecule has 0 amide bonds. The largest absolute Gasteiger partial charge is 0.287 e. The summed E-state index contributed by atoms with van der Waals surface area (Å²) in [6.07, 6.45) is 3.64. The van der Waals surface area contributed by atoms with Crippen LogP contribution in [0.2, 0.25) is 0 Å². The van der Waals surface area contributed by atoms with Gasteiger partial charge in [0.1, 0.15) is 5.65 Å². The van der Waals surface area contributed by atoms with Gasteiger partial charge in [-0.3, -0.25) is 13.8 Å². The fraction of sp³-hybridized carbons (Fsp3) is 0.0800. The lowest BCUT2D eigenvalue weighted by molar-refractivity contribution is 0.898. The smallest absolute Gasteiger partial charge is 0.258 e. The van der Waals surface area contributed by atoms with Gasteiger partial charge in [-0.15, -0.1) is 0 Å². The SMILES string of the molecule is Cc1ccc(-n2c(-c3ccccc3)cnc2SCc2cc(=O)n3ccccc3n2)cc1. The summed E-state index contributed by atoms with van der Waals surface area (Å²) in [5, 5.41) is 0.859. The van der Waals surface area contributed by atoms with Gasteiger partial charge in [-0.05, 0) is 31.2 Å². The summed E-state index contributed by atoms with van der Waals surface area (Å²) in [7, 11) is 0. The molecular formula is C25H20N4OS. The Morgan fingerprint density at radius 2 is 1.71 bits per heavy atom. The van der Waals surface area contributed by atoms with Crippen LogP contribution in [-0.2, 0) is 5.75 Å². The van der Waals surface area contributed by atoms with Gasteiger partial charge in [0.2, 0.25) is 0 Å². The van der Waals surface area contributed by atoms with E-state index in [4.69, 9.17) is 4.98 Å². The molecule has 3 heterocycles. The first kappa shape index (κ1) is 19.3. The van der Waals surface area contributed by atoms with Crippen molar-refractivity contribution in [3.05, 3.63) is 113 Å². The predicted molar refractivity (Wildman–Crippen MR) is 125 cm³/mol. The maximum Gasteiger partial charge on any atom is 0.258 e. The third-order valence-electron chi connectivity index (χ3n) is 5.06. The van der Waals surface area contributed by atoms with Crippen molar-refractivity contribution in [1.29, 1.82) is 0 Å². The van der Waals surface area contributed by atoms with Gasteiger partial charge in [0, 0.05) is 29.3 Å². The minimum absolute atomic E-state index is 0.0759. The van der Waals surface area contributed by atoms with E-state index in [1.807, 2.05) is 42.6 Å². The van der Waals surface area contributed by atoms with Crippen molar-refractivity contribution >= 4 is 17.4 Å². The third-order valence-corrected chi connectivity index (χ3v) is 6.05. The Kier molecular flexibility index (Phi) is 5.14. The van der Waals surface area contributed by atoms with Crippen LogP contribution in [0.25, 0.3) is 22.6 Å². The Labute approximate surface area is 184 Å². The summed E-state index contributed by atoms with van der Waals surface area (Å²) in [5.74, 6) is 0.553. The zero-order valence-electron chi connectivity index (χ0n) is 17.0. The number of benzene rings is 2. The van der Waals surface area contributed by atoms with Gasteiger partial charge in [0.05, 0.1) is 17.6 Å². The minimum atomic E-state index is -0.0759. The molecule has 0 aliphatic rings. The molecule has 152 valence electrons. The quantitative estimate of drug-likeness (QED) is 0.366. The third kappa shape index (κ3) is 3.90. The molecule has 0 radical (unpaired) electrons. The summed E-state index contributed by atoms with van der Waals surface area (Å²) < 4.78 is 3.71. The second-order valence-electron chi connectivity index (χ2n) is 7.27. The molecular weight excluding hydrogens is 404 g/mol. The van der Waals surface area contributed by atoms with E-state index in [0.717, 1.165) is 27.8 Å². The van der Waals surface area contributed by atoms with E-state index in [1.54, 1.807) is 28.4 Å². The molecule has 0 saturated heterocycles. The van der Waals surface area contributed by atoms with Gasteiger partial charge in [0.25, 0.3) is 5.56 Å². The molecule has 31 heavy (non-hydrogen) atoms. The number of fused-ring (bicyclic) bond motifs is 1. The van der Waals surface area contributed by atoms with Crippen molar-refractivity contribution in [1.82, 2.24) is 18.9 Å². The van der Waals surface area contributed by atoms with Gasteiger partial charge >= 0.3 is 0 Å². The van der Waals surface area contributed by atoms with Crippen LogP contribution in [0.15, 0.2) is 101 Å². The average molecular weight is 425 g/mol. The Morgan fingerprint density at radius 3 is 2.52 bits per heavy atom. The van der Waals surface area contributed by atoms with Crippen LogP contribution in [0.5, 0.6) is 0 Å². The lowest BCUT2D eigenvalue weighted by atomic mass is 10.1. The highest BCUT2D eigenvalue weighted by Gasteiger charge is 2.15. The first-order chi connectivity index (χ1) is 15.2. The molecule has 0 bridgehead atoms. The lowest BCUT2D eigenvalue weighted by Crippen LogP contribution is -2.14. The molecule has 0 saturated carbocycles. The zero-order valence-corrected chi connectivity index (χ0v) is 17.8. The number of thioether (sulfide) groups is 1. The maximum absolute atomic E-state index is 12.4. The Balaban J connectivity index is 1.53. The van der Waals surface area contributed by atoms with E-state index < -0.39 is 0 Å². The Morgan fingerprint density at radius 1 is 0.935 bits per heavy atom. The summed E-state index contributed by atoms with van der Waals surface area (Å²) in [6, 6.07) is 25.8. The first-order valence-electron chi connectivity index (χ1n) is 9.99. The van der Waals surface area contributed by atoms with Crippen LogP contribution in [0, 0.1) is 6.92 Å². The fourth-order valence-corrected chi connectivity index (χ4v) is 4.39. The van der Waals surface area contributed by atoms with Crippen LogP contribution in [-0.4, -0.2) is 18.9 Å². The predicted octanol–water partition coefficient (Wildman–Crippen LogP) is 5.15. The highest BCUT2D eigenvalue weighted by atomic mass is 32.2. The van der Waals surface area contributed by atoms with Crippen molar-refractivity contribution in [2.24, 2.45) is 0 Å². The lowest BCUT2D eigenvalue weighted by Gasteiger charge is -2.12. The number of imidazole rings is 1. The fourth-order valence-electron chi connectivity index (χ4n) is 3.51. The van der Waals surface area contributed by atoms with Gasteiger partial charge in [-0.2, -0.15) is 0 Å². The summed E-state index contributed by atoms with van der Waals surface area (Å²) in [5.41, 5.74) is 5.70. The molecule has 0 aliphatic heterocycles. The van der Waals surface area contributed by atoms with E-state index in [1.165, 1.54) is 5.56 Å². The number of aromatic nitrogens is 4. The van der Waals surface area contributed by atoms with Crippen LogP contribution in [0.3, 0.4) is 0 Å². The van der Waals surface area contributed by atoms with E-state index >= 15 is 0 Å². The Hall–Kier alpha value is -3.64. The number of nitrogens with zero attached hydrogens (tertiary/aromatic N) is 4. The van der Waals surface area contributed by atoms with Crippen molar-refractivity contribution in [2.75, 3.05) is 0 Å². The Bertz CT molecular complexity index is 1410. The molecule has 0 atom stereocenters. The molecule has 2 aromatic carbocycles. The second kappa shape index (κ2) is 8.24. The number of hydrogen-bond acceptors (Lipinski definition) is 4. The molecule has 3 aromatic heterocycles. The molecule has 0 aliphatic carbocycles. The van der Waals surface area contributed by atoms with E-state index in [9.17, 15) is 4.79 Å². The minimum Gasteiger partial charge on any atom is -0.287 e. The molecule has 0 N–H and O–H groups in total. The van der Waals surface area contributed by atoms with Crippen molar-refractivity contribution in [2.45, 2.75) is 17.8 Å². The topological polar surface area (TPSA) is 52.2 Å². The highest BCUT2D eigenvalue weighted by molar-refractivity contribution is 7.98. The van der Waals surface area contributed by atoms with E-state index in [-0.39, 0.29) is 5.56 Å². The van der Waals surface area contributed by atoms with E-state index in [0.29, 0.717) is 11.4 Å². The summed E-state index contributed by atoms with van der Waals surface area (Å²) in [6.45, 7) is 2.08. The molecule has 5 aromatic rings. The maximum atomic E-state index is 12.4. The second-order valence-corrected chi connectivity index (χ2v) is 8.21. The molecule has 0 unspecified atom stereocenters. The number of hydrogen-bond donors (Lipinski definition) is 0. The van der Waals surface area contributed by atoms with Crippen molar-refractivity contribution < 1.29 is 0 Å². The monoisotopic (exact) mass is 424 g/mol. The summed E-state index contributed by atoms with van der Waals surface area (Å²) in [4.78, 5) is 21.8. The number of pyridine rings is 1. The van der Waals surface area contributed by atoms with Gasteiger partial charge in [0.15, 0.2) is 5.16 Å². The zero-order chi connectivity index (χ0) is 21.2. The normalized spacial score (nSPS) is 11.1. The number of aryl methyl sites for hydroxylation is 1. The summed E-state index contributed by atoms with van der Waals surface area (Å²) >= 11 is 1.57.